The first-order valence-corrected chi connectivity index (χ1v) is 8.62. The van der Waals surface area contributed by atoms with Gasteiger partial charge in [0.05, 0.1) is 11.4 Å². The number of hydrogen-bond donors (Lipinski definition) is 0. The van der Waals surface area contributed by atoms with Gasteiger partial charge in [-0.25, -0.2) is 4.98 Å². The van der Waals surface area contributed by atoms with E-state index in [1.54, 1.807) is 0 Å². The van der Waals surface area contributed by atoms with Crippen LogP contribution in [-0.2, 0) is 21.1 Å². The van der Waals surface area contributed by atoms with Crippen LogP contribution >= 0.6 is 0 Å². The quantitative estimate of drug-likeness (QED) is 0.511. The van der Waals surface area contributed by atoms with Gasteiger partial charge in [-0.15, -0.1) is 0 Å². The van der Waals surface area contributed by atoms with Crippen molar-refractivity contribution in [2.24, 2.45) is 21.1 Å². The van der Waals surface area contributed by atoms with Crippen molar-refractivity contribution in [1.82, 2.24) is 14.0 Å². The van der Waals surface area contributed by atoms with Crippen LogP contribution < -0.4 is 9.13 Å². The van der Waals surface area contributed by atoms with Gasteiger partial charge in [-0.05, 0) is 32.8 Å². The van der Waals surface area contributed by atoms with Crippen molar-refractivity contribution in [2.75, 3.05) is 0 Å². The second-order valence-electron chi connectivity index (χ2n) is 6.73. The lowest BCUT2D eigenvalue weighted by Gasteiger charge is -2.06. The van der Waals surface area contributed by atoms with Gasteiger partial charge in [0.15, 0.2) is 6.20 Å². The van der Waals surface area contributed by atoms with Crippen molar-refractivity contribution >= 4 is 5.78 Å². The Kier molecular flexibility index (Phi) is 2.96. The summed E-state index contributed by atoms with van der Waals surface area (Å²) in [6, 6.07) is 12.4. The van der Waals surface area contributed by atoms with Crippen LogP contribution in [0.2, 0.25) is 0 Å². The van der Waals surface area contributed by atoms with Crippen molar-refractivity contribution in [3.8, 4) is 22.8 Å². The molecule has 0 N–H and O–H groups in total. The molecule has 0 saturated heterocycles. The van der Waals surface area contributed by atoms with E-state index >= 15 is 0 Å². The molecule has 5 heteroatoms. The average Bonchev–Trinajstić information content (AvgIpc) is 3.12. The Morgan fingerprint density at radius 2 is 1.69 bits per heavy atom. The van der Waals surface area contributed by atoms with Crippen LogP contribution in [-0.4, -0.2) is 14.0 Å². The van der Waals surface area contributed by atoms with E-state index in [9.17, 15) is 0 Å². The van der Waals surface area contributed by atoms with Gasteiger partial charge >= 0.3 is 0 Å². The normalized spacial score (nSPS) is 13.7. The molecular weight excluding hydrogens is 322 g/mol. The second kappa shape index (κ2) is 5.80. The minimum Gasteiger partial charge on any atom is -0.308 e. The number of aryl methyl sites for hydroxylation is 5. The van der Waals surface area contributed by atoms with Gasteiger partial charge < -0.3 is 4.57 Å². The molecule has 0 spiro atoms. The first-order valence-electron chi connectivity index (χ1n) is 10.1. The van der Waals surface area contributed by atoms with Gasteiger partial charge in [0.2, 0.25) is 11.5 Å². The van der Waals surface area contributed by atoms with Crippen molar-refractivity contribution in [2.45, 2.75) is 20.7 Å². The third kappa shape index (κ3) is 2.20. The maximum absolute atomic E-state index is 7.76. The van der Waals surface area contributed by atoms with E-state index in [1.807, 2.05) is 68.4 Å². The van der Waals surface area contributed by atoms with Crippen molar-refractivity contribution in [3.05, 3.63) is 59.7 Å². The monoisotopic (exact) mass is 350 g/mol. The predicted molar refractivity (Wildman–Crippen MR) is 102 cm³/mol. The van der Waals surface area contributed by atoms with Crippen LogP contribution in [0.4, 0.5) is 0 Å². The third-order valence-electron chi connectivity index (χ3n) is 5.19. The summed E-state index contributed by atoms with van der Waals surface area (Å²) in [7, 11) is 6.01. The lowest BCUT2D eigenvalue weighted by atomic mass is 10.1. The van der Waals surface area contributed by atoms with Crippen molar-refractivity contribution in [1.29, 1.82) is 0 Å². The zero-order valence-corrected chi connectivity index (χ0v) is 15.8. The lowest BCUT2D eigenvalue weighted by molar-refractivity contribution is -0.685. The molecule has 4 heterocycles. The van der Waals surface area contributed by atoms with Crippen LogP contribution in [0.1, 0.15) is 21.2 Å². The minimum atomic E-state index is -2.23. The summed E-state index contributed by atoms with van der Waals surface area (Å²) >= 11 is 0. The van der Waals surface area contributed by atoms with Gasteiger partial charge in [-0.1, -0.05) is 0 Å². The molecule has 0 saturated carbocycles. The van der Waals surface area contributed by atoms with E-state index < -0.39 is 6.85 Å². The third-order valence-corrected chi connectivity index (χ3v) is 5.19. The largest absolute Gasteiger partial charge is 0.308 e. The smallest absolute Gasteiger partial charge is 0.277 e. The van der Waals surface area contributed by atoms with E-state index in [0.29, 0.717) is 11.5 Å². The minimum absolute atomic E-state index is 0.159. The molecule has 132 valence electrons. The highest BCUT2D eigenvalue weighted by Gasteiger charge is 2.27. The maximum Gasteiger partial charge on any atom is 0.277 e. The standard InChI is InChI=1S/C21H25N5/c1-14-15(2)26-16(3)20(25(6)21(26)22-14)19-12-9-11-18(24(19)5)17-10-7-8-13-23(17)4/h7-13H,1-6H3/q+2/i1D3. The maximum atomic E-state index is 7.76. The van der Waals surface area contributed by atoms with E-state index in [2.05, 4.69) is 32.3 Å². The highest BCUT2D eigenvalue weighted by Crippen LogP contribution is 2.27. The number of nitrogens with zero attached hydrogens (tertiary/aromatic N) is 5. The zero-order chi connectivity index (χ0) is 21.1. The molecule has 26 heavy (non-hydrogen) atoms. The Bertz CT molecular complexity index is 1250. The molecule has 0 aliphatic carbocycles. The first kappa shape index (κ1) is 13.3. The lowest BCUT2D eigenvalue weighted by Crippen LogP contribution is -2.40. The second-order valence-corrected chi connectivity index (χ2v) is 6.73. The summed E-state index contributed by atoms with van der Waals surface area (Å²) in [5.41, 5.74) is 6.02. The first-order chi connectivity index (χ1) is 13.6. The van der Waals surface area contributed by atoms with Gasteiger partial charge in [0.1, 0.15) is 19.8 Å². The van der Waals surface area contributed by atoms with E-state index in [4.69, 9.17) is 4.11 Å². The summed E-state index contributed by atoms with van der Waals surface area (Å²) in [5.74, 6) is 0.636. The molecule has 0 aliphatic heterocycles. The van der Waals surface area contributed by atoms with Gasteiger partial charge in [-0.3, -0.25) is 4.40 Å². The molecule has 5 nitrogen and oxygen atoms in total. The molecule has 0 bridgehead atoms. The Hall–Kier alpha value is -2.95. The molecule has 0 aliphatic rings. The molecule has 0 radical (unpaired) electrons. The topological polar surface area (TPSA) is 30.0 Å². The number of pyridine rings is 2. The molecule has 0 unspecified atom stereocenters. The van der Waals surface area contributed by atoms with Crippen LogP contribution in [0.3, 0.4) is 0 Å². The van der Waals surface area contributed by atoms with Crippen molar-refractivity contribution < 1.29 is 13.2 Å². The predicted octanol–water partition coefficient (Wildman–Crippen LogP) is 2.58. The summed E-state index contributed by atoms with van der Waals surface area (Å²) in [6.45, 7) is 1.60. The SMILES string of the molecule is [2H]C([2H])([2H])c1nc2n(C)c(-c3cccc(-c4cccc[n+]4C)[n+]3C)c(C)n2c1C. The average molecular weight is 350 g/mol. The summed E-state index contributed by atoms with van der Waals surface area (Å²) in [5, 5.41) is 0. The number of rotatable bonds is 2. The summed E-state index contributed by atoms with van der Waals surface area (Å²) in [6.07, 6.45) is 2.03. The molecule has 0 atom stereocenters. The highest BCUT2D eigenvalue weighted by molar-refractivity contribution is 5.63. The Morgan fingerprint density at radius 1 is 0.962 bits per heavy atom. The Morgan fingerprint density at radius 3 is 2.38 bits per heavy atom. The molecule has 4 aromatic heterocycles. The fourth-order valence-corrected chi connectivity index (χ4v) is 3.79. The number of aromatic nitrogens is 5. The number of hydrogen-bond acceptors (Lipinski definition) is 1. The summed E-state index contributed by atoms with van der Waals surface area (Å²) in [4.78, 5) is 4.46. The molecule has 0 amide bonds. The number of imidazole rings is 2. The molecule has 0 fully saturated rings. The molecule has 0 aromatic carbocycles. The number of fused-ring (bicyclic) bond motifs is 1. The van der Waals surface area contributed by atoms with Gasteiger partial charge in [0, 0.05) is 41.1 Å². The van der Waals surface area contributed by atoms with Crippen molar-refractivity contribution in [3.63, 3.8) is 0 Å². The van der Waals surface area contributed by atoms with Gasteiger partial charge in [0.25, 0.3) is 11.4 Å². The van der Waals surface area contributed by atoms with E-state index in [-0.39, 0.29) is 5.69 Å². The van der Waals surface area contributed by atoms with Crippen LogP contribution in [0.15, 0.2) is 42.6 Å². The summed E-state index contributed by atoms with van der Waals surface area (Å²) < 4.78 is 31.5. The Balaban J connectivity index is 1.97. The van der Waals surface area contributed by atoms with Gasteiger partial charge in [-0.2, -0.15) is 9.13 Å². The van der Waals surface area contributed by atoms with Crippen LogP contribution in [0.5, 0.6) is 0 Å². The molecule has 4 aromatic rings. The van der Waals surface area contributed by atoms with E-state index in [1.165, 1.54) is 0 Å². The van der Waals surface area contributed by atoms with Crippen LogP contribution in [0.25, 0.3) is 28.6 Å². The molecular formula is C21H25N5+2. The molecule has 4 rings (SSSR count). The highest BCUT2D eigenvalue weighted by atomic mass is 15.2. The van der Waals surface area contributed by atoms with E-state index in [0.717, 1.165) is 28.5 Å². The fraction of sp³-hybridized carbons (Fsp3) is 0.286. The fourth-order valence-electron chi connectivity index (χ4n) is 3.79. The zero-order valence-electron chi connectivity index (χ0n) is 18.8. The van der Waals surface area contributed by atoms with Crippen LogP contribution in [0, 0.1) is 20.7 Å². The Labute approximate surface area is 158 Å².